The maximum atomic E-state index is 5.92. The molecule has 1 aromatic carbocycles. The van der Waals surface area contributed by atoms with Crippen molar-refractivity contribution in [3.05, 3.63) is 28.3 Å². The Labute approximate surface area is 78.7 Å². The molecule has 0 saturated carbocycles. The quantitative estimate of drug-likeness (QED) is 0.741. The molecule has 1 aromatic rings. The van der Waals surface area contributed by atoms with Crippen molar-refractivity contribution in [2.24, 2.45) is 0 Å². The third-order valence-corrected chi connectivity index (χ3v) is 2.22. The third-order valence-electron chi connectivity index (χ3n) is 2.00. The minimum atomic E-state index is 0.800. The topological polar surface area (TPSA) is 12.0 Å². The van der Waals surface area contributed by atoms with Gasteiger partial charge in [0.15, 0.2) is 0 Å². The first kappa shape index (κ1) is 9.40. The van der Waals surface area contributed by atoms with Gasteiger partial charge >= 0.3 is 0 Å². The Bertz CT molecular complexity index is 281. The number of hydrogen-bond acceptors (Lipinski definition) is 1. The van der Waals surface area contributed by atoms with Crippen LogP contribution >= 0.6 is 11.6 Å². The van der Waals surface area contributed by atoms with Crippen molar-refractivity contribution >= 4 is 17.3 Å². The van der Waals surface area contributed by atoms with E-state index < -0.39 is 0 Å². The summed E-state index contributed by atoms with van der Waals surface area (Å²) in [5.41, 5.74) is 3.65. The average molecular weight is 184 g/mol. The largest absolute Gasteiger partial charge is 0.385 e. The van der Waals surface area contributed by atoms with Crippen molar-refractivity contribution in [2.75, 3.05) is 11.9 Å². The van der Waals surface area contributed by atoms with Crippen molar-refractivity contribution in [1.82, 2.24) is 0 Å². The van der Waals surface area contributed by atoms with E-state index in [1.54, 1.807) is 0 Å². The van der Waals surface area contributed by atoms with Crippen LogP contribution < -0.4 is 5.32 Å². The lowest BCUT2D eigenvalue weighted by Crippen LogP contribution is -1.99. The number of rotatable bonds is 2. The molecule has 0 radical (unpaired) electrons. The Morgan fingerprint density at radius 2 is 2.00 bits per heavy atom. The second kappa shape index (κ2) is 3.81. The predicted octanol–water partition coefficient (Wildman–Crippen LogP) is 3.39. The van der Waals surface area contributed by atoms with Crippen molar-refractivity contribution in [1.29, 1.82) is 0 Å². The van der Waals surface area contributed by atoms with E-state index >= 15 is 0 Å². The summed E-state index contributed by atoms with van der Waals surface area (Å²) < 4.78 is 0. The first-order valence-corrected chi connectivity index (χ1v) is 4.53. The van der Waals surface area contributed by atoms with Crippen LogP contribution in [0, 0.1) is 13.8 Å². The SMILES string of the molecule is CCNc1cc(Cl)cc(C)c1C. The van der Waals surface area contributed by atoms with Crippen LogP contribution in [0.5, 0.6) is 0 Å². The number of aryl methyl sites for hydroxylation is 1. The molecule has 0 aromatic heterocycles. The average Bonchev–Trinajstić information content (AvgIpc) is 2.00. The molecule has 0 aliphatic rings. The van der Waals surface area contributed by atoms with Gasteiger partial charge in [-0.1, -0.05) is 11.6 Å². The zero-order chi connectivity index (χ0) is 9.14. The Balaban J connectivity index is 3.09. The van der Waals surface area contributed by atoms with E-state index in [0.29, 0.717) is 0 Å². The minimum Gasteiger partial charge on any atom is -0.385 e. The lowest BCUT2D eigenvalue weighted by atomic mass is 10.1. The molecule has 0 saturated heterocycles. The molecule has 2 heteroatoms. The van der Waals surface area contributed by atoms with E-state index in [1.165, 1.54) is 11.1 Å². The second-order valence-electron chi connectivity index (χ2n) is 2.93. The van der Waals surface area contributed by atoms with Gasteiger partial charge in [-0.05, 0) is 44.0 Å². The maximum absolute atomic E-state index is 5.92. The van der Waals surface area contributed by atoms with E-state index in [-0.39, 0.29) is 0 Å². The molecular formula is C10H14ClN. The van der Waals surface area contributed by atoms with Gasteiger partial charge in [-0.2, -0.15) is 0 Å². The molecular weight excluding hydrogens is 170 g/mol. The molecule has 0 spiro atoms. The van der Waals surface area contributed by atoms with Crippen LogP contribution in [0.15, 0.2) is 12.1 Å². The van der Waals surface area contributed by atoms with Crippen LogP contribution in [0.2, 0.25) is 5.02 Å². The van der Waals surface area contributed by atoms with Crippen molar-refractivity contribution in [3.8, 4) is 0 Å². The molecule has 1 N–H and O–H groups in total. The normalized spacial score (nSPS) is 10.0. The Morgan fingerprint density at radius 1 is 1.33 bits per heavy atom. The van der Waals surface area contributed by atoms with E-state index in [9.17, 15) is 0 Å². The summed E-state index contributed by atoms with van der Waals surface area (Å²) in [6.07, 6.45) is 0. The third kappa shape index (κ3) is 1.92. The molecule has 0 atom stereocenters. The molecule has 0 heterocycles. The zero-order valence-electron chi connectivity index (χ0n) is 7.74. The maximum Gasteiger partial charge on any atom is 0.0429 e. The van der Waals surface area contributed by atoms with Gasteiger partial charge in [0.05, 0.1) is 0 Å². The van der Waals surface area contributed by atoms with Gasteiger partial charge in [-0.15, -0.1) is 0 Å². The minimum absolute atomic E-state index is 0.800. The van der Waals surface area contributed by atoms with Crippen LogP contribution in [0.1, 0.15) is 18.1 Å². The zero-order valence-corrected chi connectivity index (χ0v) is 8.50. The van der Waals surface area contributed by atoms with Crippen LogP contribution in [-0.4, -0.2) is 6.54 Å². The summed E-state index contributed by atoms with van der Waals surface area (Å²) in [5, 5.41) is 4.07. The van der Waals surface area contributed by atoms with Crippen molar-refractivity contribution < 1.29 is 0 Å². The molecule has 1 rings (SSSR count). The van der Waals surface area contributed by atoms with E-state index in [4.69, 9.17) is 11.6 Å². The van der Waals surface area contributed by atoms with Gasteiger partial charge in [-0.25, -0.2) is 0 Å². The summed E-state index contributed by atoms with van der Waals surface area (Å²) >= 11 is 5.92. The van der Waals surface area contributed by atoms with Gasteiger partial charge < -0.3 is 5.32 Å². The molecule has 0 fully saturated rings. The van der Waals surface area contributed by atoms with Crippen LogP contribution in [0.3, 0.4) is 0 Å². The fourth-order valence-electron chi connectivity index (χ4n) is 1.19. The first-order chi connectivity index (χ1) is 5.65. The van der Waals surface area contributed by atoms with Gasteiger partial charge in [0.2, 0.25) is 0 Å². The Kier molecular flexibility index (Phi) is 2.99. The number of halogens is 1. The molecule has 12 heavy (non-hydrogen) atoms. The number of hydrogen-bond donors (Lipinski definition) is 1. The van der Waals surface area contributed by atoms with Gasteiger partial charge in [-0.3, -0.25) is 0 Å². The summed E-state index contributed by atoms with van der Waals surface area (Å²) in [7, 11) is 0. The molecule has 0 amide bonds. The van der Waals surface area contributed by atoms with Crippen molar-refractivity contribution in [2.45, 2.75) is 20.8 Å². The smallest absolute Gasteiger partial charge is 0.0429 e. The summed E-state index contributed by atoms with van der Waals surface area (Å²) in [4.78, 5) is 0. The fraction of sp³-hybridized carbons (Fsp3) is 0.400. The Morgan fingerprint density at radius 3 is 2.58 bits per heavy atom. The highest BCUT2D eigenvalue weighted by molar-refractivity contribution is 6.31. The highest BCUT2D eigenvalue weighted by atomic mass is 35.5. The summed E-state index contributed by atoms with van der Waals surface area (Å²) in [6.45, 7) is 7.18. The molecule has 0 aliphatic carbocycles. The lowest BCUT2D eigenvalue weighted by molar-refractivity contribution is 1.19. The summed E-state index contributed by atoms with van der Waals surface area (Å²) in [5.74, 6) is 0. The highest BCUT2D eigenvalue weighted by Crippen LogP contribution is 2.23. The highest BCUT2D eigenvalue weighted by Gasteiger charge is 2.01. The van der Waals surface area contributed by atoms with E-state index in [0.717, 1.165) is 17.3 Å². The number of benzene rings is 1. The molecule has 0 unspecified atom stereocenters. The van der Waals surface area contributed by atoms with Crippen LogP contribution in [-0.2, 0) is 0 Å². The lowest BCUT2D eigenvalue weighted by Gasteiger charge is -2.10. The fourth-order valence-corrected chi connectivity index (χ4v) is 1.46. The van der Waals surface area contributed by atoms with E-state index in [1.807, 2.05) is 12.1 Å². The molecule has 1 nitrogen and oxygen atoms in total. The standard InChI is InChI=1S/C10H14ClN/c1-4-12-10-6-9(11)5-7(2)8(10)3/h5-6,12H,4H2,1-3H3. The van der Waals surface area contributed by atoms with Gasteiger partial charge in [0, 0.05) is 17.3 Å². The predicted molar refractivity (Wildman–Crippen MR) is 55.1 cm³/mol. The molecule has 66 valence electrons. The van der Waals surface area contributed by atoms with Gasteiger partial charge in [0.25, 0.3) is 0 Å². The molecule has 0 aliphatic heterocycles. The van der Waals surface area contributed by atoms with Gasteiger partial charge in [0.1, 0.15) is 0 Å². The van der Waals surface area contributed by atoms with Crippen LogP contribution in [0.25, 0.3) is 0 Å². The monoisotopic (exact) mass is 183 g/mol. The number of nitrogens with one attached hydrogen (secondary N) is 1. The second-order valence-corrected chi connectivity index (χ2v) is 3.36. The first-order valence-electron chi connectivity index (χ1n) is 4.15. The number of anilines is 1. The van der Waals surface area contributed by atoms with Crippen molar-refractivity contribution in [3.63, 3.8) is 0 Å². The summed E-state index contributed by atoms with van der Waals surface area (Å²) in [6, 6.07) is 3.95. The molecule has 0 bridgehead atoms. The Hall–Kier alpha value is -0.690. The van der Waals surface area contributed by atoms with E-state index in [2.05, 4.69) is 26.1 Å². The van der Waals surface area contributed by atoms with Crippen LogP contribution in [0.4, 0.5) is 5.69 Å².